The molecular formula is C11H12BrF2NO. The number of carbonyl (C=O) groups is 1. The number of hydrogen-bond acceptors (Lipinski definition) is 1. The predicted molar refractivity (Wildman–Crippen MR) is 61.5 cm³/mol. The molecule has 0 atom stereocenters. The van der Waals surface area contributed by atoms with Gasteiger partial charge in [-0.25, -0.2) is 8.78 Å². The van der Waals surface area contributed by atoms with Gasteiger partial charge in [-0.2, -0.15) is 0 Å². The van der Waals surface area contributed by atoms with Gasteiger partial charge >= 0.3 is 0 Å². The van der Waals surface area contributed by atoms with Crippen molar-refractivity contribution in [2.45, 2.75) is 19.3 Å². The fourth-order valence-electron chi connectivity index (χ4n) is 1.23. The Morgan fingerprint density at radius 2 is 2.06 bits per heavy atom. The second-order valence-electron chi connectivity index (χ2n) is 3.29. The highest BCUT2D eigenvalue weighted by molar-refractivity contribution is 9.10. The van der Waals surface area contributed by atoms with E-state index in [0.29, 0.717) is 6.42 Å². The lowest BCUT2D eigenvalue weighted by atomic mass is 10.1. The Bertz CT molecular complexity index is 358. The maximum atomic E-state index is 11.8. The second-order valence-corrected chi connectivity index (χ2v) is 4.14. The van der Waals surface area contributed by atoms with Gasteiger partial charge in [-0.1, -0.05) is 34.1 Å². The summed E-state index contributed by atoms with van der Waals surface area (Å²) < 4.78 is 24.5. The quantitative estimate of drug-likeness (QED) is 0.888. The highest BCUT2D eigenvalue weighted by Gasteiger charge is 2.07. The van der Waals surface area contributed by atoms with Crippen molar-refractivity contribution < 1.29 is 13.6 Å². The first-order chi connectivity index (χ1) is 7.59. The maximum Gasteiger partial charge on any atom is 0.255 e. The number of benzene rings is 1. The standard InChI is InChI=1S/C11H12BrF2NO/c12-9-4-2-1-3-8(9)5-6-11(16)15-7-10(13)14/h1-4,10H,5-7H2,(H,15,16). The van der Waals surface area contributed by atoms with Crippen LogP contribution in [0.3, 0.4) is 0 Å². The Morgan fingerprint density at radius 3 is 2.69 bits per heavy atom. The van der Waals surface area contributed by atoms with Crippen molar-refractivity contribution in [3.63, 3.8) is 0 Å². The molecule has 0 saturated carbocycles. The van der Waals surface area contributed by atoms with Crippen molar-refractivity contribution >= 4 is 21.8 Å². The number of nitrogens with one attached hydrogen (secondary N) is 1. The van der Waals surface area contributed by atoms with E-state index >= 15 is 0 Å². The predicted octanol–water partition coefficient (Wildman–Crippen LogP) is 2.76. The van der Waals surface area contributed by atoms with E-state index in [1.807, 2.05) is 24.3 Å². The molecule has 0 fully saturated rings. The number of alkyl halides is 2. The first-order valence-corrected chi connectivity index (χ1v) is 5.67. The van der Waals surface area contributed by atoms with E-state index in [2.05, 4.69) is 21.2 Å². The smallest absolute Gasteiger partial charge is 0.255 e. The molecule has 1 aromatic carbocycles. The lowest BCUT2D eigenvalue weighted by Gasteiger charge is -2.05. The summed E-state index contributed by atoms with van der Waals surface area (Å²) in [7, 11) is 0. The average Bonchev–Trinajstić information content (AvgIpc) is 2.25. The SMILES string of the molecule is O=C(CCc1ccccc1Br)NCC(F)F. The summed E-state index contributed by atoms with van der Waals surface area (Å²) in [5, 5.41) is 2.17. The van der Waals surface area contributed by atoms with Gasteiger partial charge in [-0.05, 0) is 18.1 Å². The molecule has 0 spiro atoms. The van der Waals surface area contributed by atoms with Crippen LogP contribution < -0.4 is 5.32 Å². The zero-order chi connectivity index (χ0) is 12.0. The summed E-state index contributed by atoms with van der Waals surface area (Å²) in [5.74, 6) is -0.351. The molecule has 1 rings (SSSR count). The molecule has 16 heavy (non-hydrogen) atoms. The molecule has 1 N–H and O–H groups in total. The molecule has 0 aliphatic heterocycles. The summed E-state index contributed by atoms with van der Waals surface area (Å²) in [6.45, 7) is -0.575. The van der Waals surface area contributed by atoms with Crippen LogP contribution in [0.4, 0.5) is 8.78 Å². The zero-order valence-electron chi connectivity index (χ0n) is 8.55. The van der Waals surface area contributed by atoms with Crippen LogP contribution in [0.25, 0.3) is 0 Å². The fourth-order valence-corrected chi connectivity index (χ4v) is 1.71. The Balaban J connectivity index is 2.35. The summed E-state index contributed by atoms with van der Waals surface area (Å²) in [5.41, 5.74) is 0.995. The van der Waals surface area contributed by atoms with Crippen LogP contribution >= 0.6 is 15.9 Å². The normalized spacial score (nSPS) is 10.5. The molecule has 0 radical (unpaired) electrons. The van der Waals surface area contributed by atoms with Crippen LogP contribution in [0, 0.1) is 0 Å². The minimum atomic E-state index is -2.49. The van der Waals surface area contributed by atoms with Gasteiger partial charge in [-0.15, -0.1) is 0 Å². The molecule has 0 aromatic heterocycles. The van der Waals surface area contributed by atoms with E-state index < -0.39 is 13.0 Å². The third kappa shape index (κ3) is 4.70. The minimum absolute atomic E-state index is 0.218. The van der Waals surface area contributed by atoms with Crippen molar-refractivity contribution in [1.82, 2.24) is 5.32 Å². The number of hydrogen-bond donors (Lipinski definition) is 1. The Kier molecular flexibility index (Phi) is 5.38. The summed E-state index contributed by atoms with van der Waals surface area (Å²) in [6, 6.07) is 7.53. The van der Waals surface area contributed by atoms with Gasteiger partial charge in [0.25, 0.3) is 6.43 Å². The van der Waals surface area contributed by atoms with Crippen molar-refractivity contribution in [1.29, 1.82) is 0 Å². The van der Waals surface area contributed by atoms with E-state index in [-0.39, 0.29) is 12.3 Å². The third-order valence-electron chi connectivity index (χ3n) is 2.03. The van der Waals surface area contributed by atoms with E-state index in [1.165, 1.54) is 0 Å². The van der Waals surface area contributed by atoms with Gasteiger partial charge in [0.2, 0.25) is 5.91 Å². The summed E-state index contributed by atoms with van der Waals surface area (Å²) >= 11 is 3.36. The number of rotatable bonds is 5. The molecule has 88 valence electrons. The van der Waals surface area contributed by atoms with Crippen LogP contribution in [0.2, 0.25) is 0 Å². The van der Waals surface area contributed by atoms with Gasteiger partial charge < -0.3 is 5.32 Å². The van der Waals surface area contributed by atoms with Gasteiger partial charge in [-0.3, -0.25) is 4.79 Å². The summed E-state index contributed by atoms with van der Waals surface area (Å²) in [4.78, 5) is 11.2. The molecule has 0 aliphatic carbocycles. The first-order valence-electron chi connectivity index (χ1n) is 4.88. The lowest BCUT2D eigenvalue weighted by molar-refractivity contribution is -0.121. The molecule has 0 bridgehead atoms. The number of halogens is 3. The molecule has 0 unspecified atom stereocenters. The molecule has 1 amide bonds. The maximum absolute atomic E-state index is 11.8. The average molecular weight is 292 g/mol. The largest absolute Gasteiger partial charge is 0.350 e. The van der Waals surface area contributed by atoms with Crippen LogP contribution in [-0.2, 0) is 11.2 Å². The van der Waals surface area contributed by atoms with Crippen molar-refractivity contribution in [3.8, 4) is 0 Å². The Hall–Kier alpha value is -0.970. The topological polar surface area (TPSA) is 29.1 Å². The number of aryl methyl sites for hydroxylation is 1. The van der Waals surface area contributed by atoms with Crippen LogP contribution in [-0.4, -0.2) is 18.9 Å². The monoisotopic (exact) mass is 291 g/mol. The van der Waals surface area contributed by atoms with E-state index in [9.17, 15) is 13.6 Å². The first kappa shape index (κ1) is 13.1. The van der Waals surface area contributed by atoms with Crippen molar-refractivity contribution in [3.05, 3.63) is 34.3 Å². The van der Waals surface area contributed by atoms with Crippen LogP contribution in [0.1, 0.15) is 12.0 Å². The van der Waals surface area contributed by atoms with Gasteiger partial charge in [0.05, 0.1) is 6.54 Å². The number of carbonyl (C=O) groups excluding carboxylic acids is 1. The highest BCUT2D eigenvalue weighted by atomic mass is 79.9. The van der Waals surface area contributed by atoms with Crippen molar-refractivity contribution in [2.75, 3.05) is 6.54 Å². The van der Waals surface area contributed by atoms with Gasteiger partial charge in [0.1, 0.15) is 0 Å². The highest BCUT2D eigenvalue weighted by Crippen LogP contribution is 2.17. The molecule has 0 saturated heterocycles. The lowest BCUT2D eigenvalue weighted by Crippen LogP contribution is -2.28. The van der Waals surface area contributed by atoms with Crippen LogP contribution in [0.15, 0.2) is 28.7 Å². The Labute approximate surface area is 101 Å². The molecule has 2 nitrogen and oxygen atoms in total. The van der Waals surface area contributed by atoms with Crippen molar-refractivity contribution in [2.24, 2.45) is 0 Å². The second kappa shape index (κ2) is 6.58. The third-order valence-corrected chi connectivity index (χ3v) is 2.81. The van der Waals surface area contributed by atoms with Gasteiger partial charge in [0.15, 0.2) is 0 Å². The van der Waals surface area contributed by atoms with Crippen LogP contribution in [0.5, 0.6) is 0 Å². The van der Waals surface area contributed by atoms with E-state index in [1.54, 1.807) is 0 Å². The minimum Gasteiger partial charge on any atom is -0.350 e. The molecule has 1 aromatic rings. The Morgan fingerprint density at radius 1 is 1.38 bits per heavy atom. The van der Waals surface area contributed by atoms with E-state index in [4.69, 9.17) is 0 Å². The molecule has 5 heteroatoms. The van der Waals surface area contributed by atoms with Gasteiger partial charge in [0, 0.05) is 10.9 Å². The summed E-state index contributed by atoms with van der Waals surface area (Å²) in [6.07, 6.45) is -1.74. The molecular weight excluding hydrogens is 280 g/mol. The zero-order valence-corrected chi connectivity index (χ0v) is 10.1. The molecule has 0 heterocycles. The number of amides is 1. The fraction of sp³-hybridized carbons (Fsp3) is 0.364. The van der Waals surface area contributed by atoms with E-state index in [0.717, 1.165) is 10.0 Å². The molecule has 0 aliphatic rings.